The Morgan fingerprint density at radius 2 is 2.18 bits per heavy atom. The first-order chi connectivity index (χ1) is 8.04. The van der Waals surface area contributed by atoms with Crippen LogP contribution in [0.5, 0.6) is 0 Å². The Kier molecular flexibility index (Phi) is 2.50. The summed E-state index contributed by atoms with van der Waals surface area (Å²) in [6.45, 7) is 1.30. The molecule has 5 heteroatoms. The first-order valence-electron chi connectivity index (χ1n) is 5.78. The lowest BCUT2D eigenvalue weighted by atomic mass is 10.2. The first kappa shape index (κ1) is 11.2. The fourth-order valence-electron chi connectivity index (χ4n) is 2.75. The molecule has 0 radical (unpaired) electrons. The van der Waals surface area contributed by atoms with Gasteiger partial charge in [-0.1, -0.05) is 12.1 Å². The average molecular weight is 253 g/mol. The fraction of sp³-hybridized carbons (Fsp3) is 0.500. The standard InChI is InChI=1S/C12H15NO3S/c14-11-5-10-8-17(15,16)12-3-1-2-9(4-12)6-13(10)7-11/h1-4,10-11,14H,5-8H2. The van der Waals surface area contributed by atoms with Gasteiger partial charge in [-0.05, 0) is 24.1 Å². The Balaban J connectivity index is 2.06. The number of sulfone groups is 1. The molecule has 2 unspecified atom stereocenters. The van der Waals surface area contributed by atoms with E-state index in [-0.39, 0.29) is 11.8 Å². The lowest BCUT2D eigenvalue weighted by molar-refractivity contribution is 0.173. The van der Waals surface area contributed by atoms with Gasteiger partial charge in [0.15, 0.2) is 9.84 Å². The van der Waals surface area contributed by atoms with Crippen LogP contribution in [-0.4, -0.2) is 42.9 Å². The minimum atomic E-state index is -3.21. The number of hydrogen-bond acceptors (Lipinski definition) is 4. The lowest BCUT2D eigenvalue weighted by Gasteiger charge is -2.26. The van der Waals surface area contributed by atoms with Crippen LogP contribution in [0.1, 0.15) is 12.0 Å². The number of aliphatic hydroxyl groups excluding tert-OH is 1. The molecule has 2 heterocycles. The lowest BCUT2D eigenvalue weighted by Crippen LogP contribution is -2.36. The molecule has 3 rings (SSSR count). The number of fused-ring (bicyclic) bond motifs is 3. The molecule has 17 heavy (non-hydrogen) atoms. The normalized spacial score (nSPS) is 31.6. The molecule has 1 aromatic carbocycles. The van der Waals surface area contributed by atoms with Gasteiger partial charge in [-0.3, -0.25) is 4.90 Å². The zero-order chi connectivity index (χ0) is 12.0. The second-order valence-electron chi connectivity index (χ2n) is 4.90. The Labute approximate surface area is 101 Å². The number of aliphatic hydroxyl groups is 1. The topological polar surface area (TPSA) is 57.6 Å². The predicted octanol–water partition coefficient (Wildman–Crippen LogP) is 0.409. The Hall–Kier alpha value is -0.910. The second-order valence-corrected chi connectivity index (χ2v) is 6.94. The number of hydrogen-bond donors (Lipinski definition) is 1. The van der Waals surface area contributed by atoms with E-state index >= 15 is 0 Å². The summed E-state index contributed by atoms with van der Waals surface area (Å²) in [6, 6.07) is 7.07. The summed E-state index contributed by atoms with van der Waals surface area (Å²) in [7, 11) is -3.21. The van der Waals surface area contributed by atoms with Crippen molar-refractivity contribution in [2.45, 2.75) is 30.0 Å². The summed E-state index contributed by atoms with van der Waals surface area (Å²) in [5.74, 6) is 0.119. The molecule has 0 aliphatic carbocycles. The molecule has 2 aliphatic rings. The van der Waals surface area contributed by atoms with Crippen LogP contribution in [0, 0.1) is 0 Å². The van der Waals surface area contributed by atoms with Crippen LogP contribution in [0.15, 0.2) is 29.2 Å². The largest absolute Gasteiger partial charge is 0.392 e. The van der Waals surface area contributed by atoms with Crippen LogP contribution >= 0.6 is 0 Å². The molecule has 2 aliphatic heterocycles. The smallest absolute Gasteiger partial charge is 0.179 e. The molecule has 1 saturated heterocycles. The maximum Gasteiger partial charge on any atom is 0.179 e. The highest BCUT2D eigenvalue weighted by Crippen LogP contribution is 2.27. The molecular formula is C12H15NO3S. The van der Waals surface area contributed by atoms with Gasteiger partial charge in [0.2, 0.25) is 0 Å². The van der Waals surface area contributed by atoms with Gasteiger partial charge in [-0.15, -0.1) is 0 Å². The highest BCUT2D eigenvalue weighted by Gasteiger charge is 2.36. The van der Waals surface area contributed by atoms with Crippen LogP contribution in [0.4, 0.5) is 0 Å². The molecule has 2 atom stereocenters. The minimum absolute atomic E-state index is 0.0476. The van der Waals surface area contributed by atoms with E-state index < -0.39 is 15.9 Å². The highest BCUT2D eigenvalue weighted by atomic mass is 32.2. The Morgan fingerprint density at radius 1 is 1.35 bits per heavy atom. The maximum absolute atomic E-state index is 12.2. The van der Waals surface area contributed by atoms with Gasteiger partial charge in [0.25, 0.3) is 0 Å². The second kappa shape index (κ2) is 3.80. The minimum Gasteiger partial charge on any atom is -0.392 e. The number of benzene rings is 1. The summed E-state index contributed by atoms with van der Waals surface area (Å²) in [4.78, 5) is 2.48. The third kappa shape index (κ3) is 1.99. The van der Waals surface area contributed by atoms with Crippen molar-refractivity contribution in [1.29, 1.82) is 0 Å². The van der Waals surface area contributed by atoms with Gasteiger partial charge < -0.3 is 5.11 Å². The SMILES string of the molecule is O=S1(=O)CC2CC(O)CN2Cc2cccc1c2. The van der Waals surface area contributed by atoms with Crippen molar-refractivity contribution in [2.75, 3.05) is 12.3 Å². The highest BCUT2D eigenvalue weighted by molar-refractivity contribution is 7.91. The maximum atomic E-state index is 12.2. The van der Waals surface area contributed by atoms with Gasteiger partial charge in [0.1, 0.15) is 0 Å². The zero-order valence-corrected chi connectivity index (χ0v) is 10.2. The van der Waals surface area contributed by atoms with E-state index in [2.05, 4.69) is 4.90 Å². The summed E-state index contributed by atoms with van der Waals surface area (Å²) < 4.78 is 24.3. The Bertz CT molecular complexity index is 540. The van der Waals surface area contributed by atoms with Gasteiger partial charge in [-0.25, -0.2) is 8.42 Å². The number of nitrogens with zero attached hydrogens (tertiary/aromatic N) is 1. The van der Waals surface area contributed by atoms with Crippen molar-refractivity contribution >= 4 is 9.84 Å². The van der Waals surface area contributed by atoms with E-state index in [1.165, 1.54) is 0 Å². The quantitative estimate of drug-likeness (QED) is 0.727. The van der Waals surface area contributed by atoms with E-state index in [1.54, 1.807) is 18.2 Å². The molecule has 92 valence electrons. The van der Waals surface area contributed by atoms with Gasteiger partial charge >= 0.3 is 0 Å². The zero-order valence-electron chi connectivity index (χ0n) is 9.41. The van der Waals surface area contributed by atoms with Crippen LogP contribution in [0.3, 0.4) is 0 Å². The monoisotopic (exact) mass is 253 g/mol. The third-order valence-electron chi connectivity index (χ3n) is 3.56. The molecule has 0 spiro atoms. The van der Waals surface area contributed by atoms with E-state index in [0.29, 0.717) is 17.9 Å². The van der Waals surface area contributed by atoms with Crippen LogP contribution < -0.4 is 0 Å². The van der Waals surface area contributed by atoms with Crippen molar-refractivity contribution in [3.8, 4) is 0 Å². The average Bonchev–Trinajstić information content (AvgIpc) is 2.57. The Morgan fingerprint density at radius 3 is 3.00 bits per heavy atom. The van der Waals surface area contributed by atoms with Gasteiger partial charge in [-0.2, -0.15) is 0 Å². The predicted molar refractivity (Wildman–Crippen MR) is 63.3 cm³/mol. The molecule has 0 saturated carbocycles. The van der Waals surface area contributed by atoms with Crippen LogP contribution in [-0.2, 0) is 16.4 Å². The van der Waals surface area contributed by atoms with Crippen LogP contribution in [0.2, 0.25) is 0 Å². The van der Waals surface area contributed by atoms with Gasteiger partial charge in [0.05, 0.1) is 16.8 Å². The van der Waals surface area contributed by atoms with E-state index in [4.69, 9.17) is 0 Å². The molecule has 2 bridgehead atoms. The summed E-state index contributed by atoms with van der Waals surface area (Å²) in [5, 5.41) is 9.67. The molecule has 1 N–H and O–H groups in total. The van der Waals surface area contributed by atoms with E-state index in [1.807, 2.05) is 6.07 Å². The van der Waals surface area contributed by atoms with Crippen molar-refractivity contribution in [2.24, 2.45) is 0 Å². The summed E-state index contributed by atoms with van der Waals surface area (Å²) in [6.07, 6.45) is 0.162. The molecule has 0 amide bonds. The van der Waals surface area contributed by atoms with E-state index in [0.717, 1.165) is 12.1 Å². The third-order valence-corrected chi connectivity index (χ3v) is 5.36. The van der Waals surface area contributed by atoms with Crippen molar-refractivity contribution in [1.82, 2.24) is 4.90 Å². The summed E-state index contributed by atoms with van der Waals surface area (Å²) in [5.41, 5.74) is 1.00. The summed E-state index contributed by atoms with van der Waals surface area (Å²) >= 11 is 0. The molecule has 1 fully saturated rings. The fourth-order valence-corrected chi connectivity index (χ4v) is 4.41. The van der Waals surface area contributed by atoms with Crippen LogP contribution in [0.25, 0.3) is 0 Å². The molecule has 4 nitrogen and oxygen atoms in total. The van der Waals surface area contributed by atoms with Crippen molar-refractivity contribution in [3.63, 3.8) is 0 Å². The molecule has 0 aromatic heterocycles. The first-order valence-corrected chi connectivity index (χ1v) is 7.44. The van der Waals surface area contributed by atoms with Crippen molar-refractivity contribution < 1.29 is 13.5 Å². The molecule has 1 aromatic rings. The van der Waals surface area contributed by atoms with Gasteiger partial charge in [0, 0.05) is 19.1 Å². The van der Waals surface area contributed by atoms with E-state index in [9.17, 15) is 13.5 Å². The number of rotatable bonds is 0. The van der Waals surface area contributed by atoms with Crippen molar-refractivity contribution in [3.05, 3.63) is 29.8 Å². The molecular weight excluding hydrogens is 238 g/mol.